The van der Waals surface area contributed by atoms with Crippen LogP contribution in [0.1, 0.15) is 6.42 Å². The average molecular weight is 442 g/mol. The van der Waals surface area contributed by atoms with Crippen molar-refractivity contribution in [1.29, 1.82) is 0 Å². The van der Waals surface area contributed by atoms with Gasteiger partial charge in [-0.1, -0.05) is 16.9 Å². The van der Waals surface area contributed by atoms with Crippen LogP contribution in [0.4, 0.5) is 23.1 Å². The molecule has 3 rings (SSSR count). The zero-order chi connectivity index (χ0) is 22.1. The molecule has 4 N–H and O–H groups in total. The number of rotatable bonds is 10. The van der Waals surface area contributed by atoms with E-state index >= 15 is 0 Å². The largest absolute Gasteiger partial charge is 0.454 e. The molecule has 31 heavy (non-hydrogen) atoms. The van der Waals surface area contributed by atoms with E-state index < -0.39 is 10.9 Å². The normalized spacial score (nSPS) is 12.0. The highest BCUT2D eigenvalue weighted by molar-refractivity contribution is 7.68. The van der Waals surface area contributed by atoms with Gasteiger partial charge in [-0.05, 0) is 63.5 Å². The maximum Gasteiger partial charge on any atom is 0.225 e. The number of hydrogen-bond acceptors (Lipinski definition) is 10. The molecule has 0 aliphatic heterocycles. The third kappa shape index (κ3) is 7.48. The second kappa shape index (κ2) is 11.2. The van der Waals surface area contributed by atoms with E-state index in [4.69, 9.17) is 4.55 Å². The molecule has 0 atom stereocenters. The summed E-state index contributed by atoms with van der Waals surface area (Å²) in [5, 5.41) is 3.27. The Balaban J connectivity index is 1.74. The van der Waals surface area contributed by atoms with Gasteiger partial charge in [-0.25, -0.2) is 4.98 Å². The molecule has 0 amide bonds. The summed E-state index contributed by atoms with van der Waals surface area (Å²) in [5.41, 5.74) is 8.70. The zero-order valence-corrected chi connectivity index (χ0v) is 18.1. The van der Waals surface area contributed by atoms with Gasteiger partial charge in [-0.2, -0.15) is 4.98 Å². The summed E-state index contributed by atoms with van der Waals surface area (Å²) in [7, 11) is 1.84. The van der Waals surface area contributed by atoms with Gasteiger partial charge >= 0.3 is 0 Å². The third-order valence-corrected chi connectivity index (χ3v) is 4.47. The summed E-state index contributed by atoms with van der Waals surface area (Å²) in [5.74, 6) is 1.07. The molecular formula is C20H25N8O2S-. The van der Waals surface area contributed by atoms with Crippen molar-refractivity contribution in [2.45, 2.75) is 6.42 Å². The fourth-order valence-electron chi connectivity index (χ4n) is 2.66. The van der Waals surface area contributed by atoms with E-state index in [1.165, 1.54) is 0 Å². The molecule has 0 fully saturated rings. The minimum Gasteiger partial charge on any atom is -0.454 e. The van der Waals surface area contributed by atoms with E-state index in [0.29, 0.717) is 23.1 Å². The molecule has 0 saturated carbocycles. The number of nitrogens with zero attached hydrogens (tertiary/aromatic N) is 5. The van der Waals surface area contributed by atoms with Crippen LogP contribution < -0.4 is 16.2 Å². The second-order valence-corrected chi connectivity index (χ2v) is 7.52. The first kappa shape index (κ1) is 22.4. The third-order valence-electron chi connectivity index (χ3n) is 4.10. The first-order valence-corrected chi connectivity index (χ1v) is 10.7. The van der Waals surface area contributed by atoms with Crippen LogP contribution in [0.5, 0.6) is 0 Å². The molecule has 10 nitrogen and oxygen atoms in total. The molecule has 2 heterocycles. The molecule has 0 bridgehead atoms. The number of aromatic nitrogens is 3. The minimum atomic E-state index is -2.23. The van der Waals surface area contributed by atoms with E-state index in [1.807, 2.05) is 32.3 Å². The van der Waals surface area contributed by atoms with Crippen molar-refractivity contribution in [3.05, 3.63) is 54.7 Å². The lowest BCUT2D eigenvalue weighted by Gasteiger charge is -2.13. The highest BCUT2D eigenvalue weighted by Gasteiger charge is 2.08. The predicted molar refractivity (Wildman–Crippen MR) is 123 cm³/mol. The summed E-state index contributed by atoms with van der Waals surface area (Å²) in [6.07, 6.45) is 2.68. The Morgan fingerprint density at radius 2 is 1.87 bits per heavy atom. The molecule has 1 aromatic carbocycles. The van der Waals surface area contributed by atoms with Gasteiger partial charge in [0.2, 0.25) is 5.95 Å². The summed E-state index contributed by atoms with van der Waals surface area (Å²) >= 11 is 0. The Bertz CT molecular complexity index is 1050. The van der Waals surface area contributed by atoms with Crippen molar-refractivity contribution in [2.24, 2.45) is 4.36 Å². The number of hydrogen-bond donors (Lipinski definition) is 4. The number of benzene rings is 1. The average Bonchev–Trinajstić information content (AvgIpc) is 2.76. The van der Waals surface area contributed by atoms with Crippen molar-refractivity contribution in [2.75, 3.05) is 43.4 Å². The Kier molecular flexibility index (Phi) is 8.10. The number of pyridine rings is 1. The van der Waals surface area contributed by atoms with Crippen LogP contribution >= 0.6 is 0 Å². The first-order chi connectivity index (χ1) is 15.0. The van der Waals surface area contributed by atoms with Gasteiger partial charge in [-0.15, -0.1) is 0 Å². The van der Waals surface area contributed by atoms with E-state index in [9.17, 15) is 4.21 Å². The number of anilines is 3. The fourth-order valence-corrected chi connectivity index (χ4v) is 2.97. The number of nitrogens with one attached hydrogen (secondary N) is 3. The van der Waals surface area contributed by atoms with Crippen molar-refractivity contribution < 1.29 is 8.76 Å². The van der Waals surface area contributed by atoms with Crippen LogP contribution in [-0.4, -0.2) is 51.6 Å². The van der Waals surface area contributed by atoms with E-state index in [0.717, 1.165) is 30.9 Å². The fraction of sp³-hybridized carbons (Fsp3) is 0.250. The monoisotopic (exact) mass is 441 g/mol. The second-order valence-electron chi connectivity index (χ2n) is 6.88. The standard InChI is InChI=1S/C20H25N8O2S/c1-28(2)13-5-12-22-20-23-18(17-6-3-4-11-21-17)14-19(24-20)26-25-15-7-9-16(10-8-15)27-31(29)30/h3-4,6-11,14,25H,5,12-13H2,1-2H3,(H,27,29,30)(H2,22,23,24,26)/q-1. The minimum absolute atomic E-state index is 0.412. The van der Waals surface area contributed by atoms with Gasteiger partial charge in [0.1, 0.15) is 0 Å². The van der Waals surface area contributed by atoms with E-state index in [-0.39, 0.29) is 0 Å². The summed E-state index contributed by atoms with van der Waals surface area (Å²) in [6, 6.07) is 14.2. The zero-order valence-electron chi connectivity index (χ0n) is 17.3. The predicted octanol–water partition coefficient (Wildman–Crippen LogP) is 3.59. The molecule has 0 radical (unpaired) electrons. The maximum atomic E-state index is 10.8. The molecule has 2 aromatic heterocycles. The molecule has 0 aliphatic rings. The van der Waals surface area contributed by atoms with Gasteiger partial charge in [0.15, 0.2) is 5.82 Å². The molecule has 11 heteroatoms. The highest BCUT2D eigenvalue weighted by Crippen LogP contribution is 2.21. The Morgan fingerprint density at radius 3 is 2.55 bits per heavy atom. The molecule has 3 aromatic rings. The maximum absolute atomic E-state index is 10.8. The lowest BCUT2D eigenvalue weighted by molar-refractivity contribution is 0.405. The van der Waals surface area contributed by atoms with Gasteiger partial charge in [0.25, 0.3) is 0 Å². The highest BCUT2D eigenvalue weighted by atomic mass is 32.2. The van der Waals surface area contributed by atoms with Gasteiger partial charge < -0.3 is 23.3 Å². The van der Waals surface area contributed by atoms with Crippen molar-refractivity contribution in [3.8, 4) is 11.4 Å². The quantitative estimate of drug-likeness (QED) is 0.161. The topological polar surface area (TPSA) is 128 Å². The van der Waals surface area contributed by atoms with Crippen LogP contribution in [0.25, 0.3) is 11.4 Å². The summed E-state index contributed by atoms with van der Waals surface area (Å²) < 4.78 is 23.2. The Hall–Kier alpha value is -3.28. The smallest absolute Gasteiger partial charge is 0.225 e. The molecule has 164 valence electrons. The van der Waals surface area contributed by atoms with Crippen LogP contribution in [0.3, 0.4) is 0 Å². The van der Waals surface area contributed by atoms with Gasteiger partial charge in [0, 0.05) is 24.5 Å². The lowest BCUT2D eigenvalue weighted by atomic mass is 10.2. The molecule has 0 spiro atoms. The van der Waals surface area contributed by atoms with E-state index in [2.05, 4.69) is 40.4 Å². The summed E-state index contributed by atoms with van der Waals surface area (Å²) in [6.45, 7) is 1.71. The Morgan fingerprint density at radius 1 is 1.06 bits per heavy atom. The van der Waals surface area contributed by atoms with Crippen LogP contribution in [0.15, 0.2) is 59.1 Å². The number of hydrazine groups is 1. The van der Waals surface area contributed by atoms with Crippen molar-refractivity contribution in [3.63, 3.8) is 0 Å². The molecular weight excluding hydrogens is 416 g/mol. The SMILES string of the molecule is CN(C)CCCNc1nc(NNc2ccc(N=[S-](=O)O)cc2)cc(-c2ccccn2)n1. The molecule has 0 unspecified atom stereocenters. The van der Waals surface area contributed by atoms with Crippen LogP contribution in [0.2, 0.25) is 0 Å². The van der Waals surface area contributed by atoms with Crippen molar-refractivity contribution >= 4 is 34.0 Å². The Labute approximate surface area is 183 Å². The van der Waals surface area contributed by atoms with Gasteiger partial charge in [0.05, 0.1) is 17.1 Å². The summed E-state index contributed by atoms with van der Waals surface area (Å²) in [4.78, 5) is 15.6. The lowest BCUT2D eigenvalue weighted by Crippen LogP contribution is -2.17. The van der Waals surface area contributed by atoms with Crippen LogP contribution in [0, 0.1) is 0 Å². The molecule has 0 saturated heterocycles. The van der Waals surface area contributed by atoms with Crippen molar-refractivity contribution in [1.82, 2.24) is 19.9 Å². The molecule has 0 aliphatic carbocycles. The first-order valence-electron chi connectivity index (χ1n) is 9.63. The van der Waals surface area contributed by atoms with Crippen LogP contribution in [-0.2, 0) is 15.1 Å². The van der Waals surface area contributed by atoms with Gasteiger partial charge in [-0.3, -0.25) is 15.8 Å². The van der Waals surface area contributed by atoms with E-state index in [1.54, 1.807) is 36.5 Å².